The average Bonchev–Trinajstić information content (AvgIpc) is 2.17. The molecule has 0 heterocycles. The summed E-state index contributed by atoms with van der Waals surface area (Å²) >= 11 is 0. The molecule has 0 aliphatic carbocycles. The lowest BCUT2D eigenvalue weighted by Crippen LogP contribution is -2.15. The van der Waals surface area contributed by atoms with Crippen LogP contribution in [0.1, 0.15) is 25.0 Å². The van der Waals surface area contributed by atoms with E-state index in [9.17, 15) is 13.2 Å². The first kappa shape index (κ1) is 11.6. The van der Waals surface area contributed by atoms with Crippen LogP contribution in [0.15, 0.2) is 24.3 Å². The molecule has 0 aliphatic heterocycles. The van der Waals surface area contributed by atoms with Crippen LogP contribution in [0.3, 0.4) is 0 Å². The van der Waals surface area contributed by atoms with Gasteiger partial charge in [0, 0.05) is 0 Å². The van der Waals surface area contributed by atoms with Crippen LogP contribution in [-0.2, 0) is 11.6 Å². The summed E-state index contributed by atoms with van der Waals surface area (Å²) in [4.78, 5) is 0. The maximum absolute atomic E-state index is 12.4. The van der Waals surface area contributed by atoms with Gasteiger partial charge in [0.15, 0.2) is 0 Å². The second kappa shape index (κ2) is 3.62. The maximum atomic E-state index is 12.4. The van der Waals surface area contributed by atoms with Crippen molar-refractivity contribution in [1.29, 1.82) is 0 Å². The summed E-state index contributed by atoms with van der Waals surface area (Å²) in [5.41, 5.74) is -0.843. The Morgan fingerprint density at radius 3 is 2.13 bits per heavy atom. The van der Waals surface area contributed by atoms with E-state index in [4.69, 9.17) is 6.42 Å². The Morgan fingerprint density at radius 1 is 1.13 bits per heavy atom. The summed E-state index contributed by atoms with van der Waals surface area (Å²) in [5, 5.41) is 0. The number of hydrogen-bond donors (Lipinski definition) is 0. The molecule has 80 valence electrons. The number of terminal acetylenes is 1. The van der Waals surface area contributed by atoms with E-state index in [-0.39, 0.29) is 0 Å². The van der Waals surface area contributed by atoms with Crippen LogP contribution in [0.25, 0.3) is 0 Å². The van der Waals surface area contributed by atoms with Gasteiger partial charge in [-0.2, -0.15) is 13.2 Å². The third kappa shape index (κ3) is 2.53. The summed E-state index contributed by atoms with van der Waals surface area (Å²) < 4.78 is 37.2. The first-order valence-corrected chi connectivity index (χ1v) is 4.43. The fourth-order valence-corrected chi connectivity index (χ4v) is 1.17. The zero-order valence-electron chi connectivity index (χ0n) is 8.52. The van der Waals surface area contributed by atoms with E-state index in [0.29, 0.717) is 5.56 Å². The molecule has 0 unspecified atom stereocenters. The van der Waals surface area contributed by atoms with Crippen LogP contribution in [0.5, 0.6) is 0 Å². The van der Waals surface area contributed by atoms with Crippen molar-refractivity contribution >= 4 is 0 Å². The fraction of sp³-hybridized carbons (Fsp3) is 0.333. The second-order valence-corrected chi connectivity index (χ2v) is 3.85. The highest BCUT2D eigenvalue weighted by atomic mass is 19.4. The average molecular weight is 212 g/mol. The van der Waals surface area contributed by atoms with Crippen molar-refractivity contribution in [3.05, 3.63) is 35.4 Å². The minimum absolute atomic E-state index is 0.500. The van der Waals surface area contributed by atoms with Gasteiger partial charge in [0.1, 0.15) is 0 Å². The molecule has 1 aromatic carbocycles. The van der Waals surface area contributed by atoms with Crippen molar-refractivity contribution < 1.29 is 13.2 Å². The summed E-state index contributed by atoms with van der Waals surface area (Å²) in [6, 6.07) is 5.11. The van der Waals surface area contributed by atoms with Gasteiger partial charge in [-0.3, -0.25) is 0 Å². The van der Waals surface area contributed by atoms with E-state index in [2.05, 4.69) is 5.92 Å². The first-order chi connectivity index (χ1) is 6.77. The second-order valence-electron chi connectivity index (χ2n) is 3.85. The van der Waals surface area contributed by atoms with Crippen molar-refractivity contribution in [2.45, 2.75) is 25.4 Å². The van der Waals surface area contributed by atoms with Crippen LogP contribution in [0, 0.1) is 12.3 Å². The molecule has 0 aromatic heterocycles. The molecule has 1 rings (SSSR count). The van der Waals surface area contributed by atoms with E-state index in [0.717, 1.165) is 12.1 Å². The molecule has 0 atom stereocenters. The van der Waals surface area contributed by atoms with Crippen molar-refractivity contribution in [2.24, 2.45) is 0 Å². The smallest absolute Gasteiger partial charge is 0.166 e. The Hall–Kier alpha value is -1.43. The first-order valence-electron chi connectivity index (χ1n) is 4.43. The van der Waals surface area contributed by atoms with Crippen LogP contribution < -0.4 is 0 Å². The van der Waals surface area contributed by atoms with Gasteiger partial charge in [-0.1, -0.05) is 24.1 Å². The molecule has 0 amide bonds. The van der Waals surface area contributed by atoms with Crippen LogP contribution >= 0.6 is 0 Å². The van der Waals surface area contributed by atoms with Gasteiger partial charge in [0.05, 0.1) is 11.0 Å². The molecule has 3 heteroatoms. The molecule has 0 saturated heterocycles. The SMILES string of the molecule is C#CC(C)(C)c1cccc(C(F)(F)F)c1. The number of alkyl halides is 3. The van der Waals surface area contributed by atoms with Gasteiger partial charge in [-0.25, -0.2) is 0 Å². The van der Waals surface area contributed by atoms with Crippen molar-refractivity contribution in [2.75, 3.05) is 0 Å². The zero-order valence-corrected chi connectivity index (χ0v) is 8.52. The topological polar surface area (TPSA) is 0 Å². The molecule has 0 aliphatic rings. The Labute approximate surface area is 87.1 Å². The monoisotopic (exact) mass is 212 g/mol. The summed E-state index contributed by atoms with van der Waals surface area (Å²) in [7, 11) is 0. The predicted octanol–water partition coefficient (Wildman–Crippen LogP) is 3.62. The maximum Gasteiger partial charge on any atom is 0.416 e. The predicted molar refractivity (Wildman–Crippen MR) is 53.3 cm³/mol. The molecule has 0 bridgehead atoms. The third-order valence-corrected chi connectivity index (χ3v) is 2.27. The lowest BCUT2D eigenvalue weighted by Gasteiger charge is -2.19. The standard InChI is InChI=1S/C12H11F3/c1-4-11(2,3)9-6-5-7-10(8-9)12(13,14)15/h1,5-8H,2-3H3. The summed E-state index contributed by atoms with van der Waals surface area (Å²) in [5.74, 6) is 2.47. The minimum atomic E-state index is -4.32. The van der Waals surface area contributed by atoms with Gasteiger partial charge in [0.25, 0.3) is 0 Å². The highest BCUT2D eigenvalue weighted by Gasteiger charge is 2.31. The summed E-state index contributed by atoms with van der Waals surface area (Å²) in [6.45, 7) is 3.42. The van der Waals surface area contributed by atoms with Crippen LogP contribution in [-0.4, -0.2) is 0 Å². The molecule has 0 radical (unpaired) electrons. The molecule has 0 N–H and O–H groups in total. The van der Waals surface area contributed by atoms with Crippen molar-refractivity contribution in [3.8, 4) is 12.3 Å². The van der Waals surface area contributed by atoms with Gasteiger partial charge < -0.3 is 0 Å². The normalized spacial score (nSPS) is 12.3. The lowest BCUT2D eigenvalue weighted by molar-refractivity contribution is -0.137. The Balaban J connectivity index is 3.22. The van der Waals surface area contributed by atoms with Crippen molar-refractivity contribution in [1.82, 2.24) is 0 Å². The van der Waals surface area contributed by atoms with E-state index >= 15 is 0 Å². The number of hydrogen-bond acceptors (Lipinski definition) is 0. The molecular formula is C12H11F3. The molecule has 0 fully saturated rings. The molecule has 0 nitrogen and oxygen atoms in total. The number of benzene rings is 1. The largest absolute Gasteiger partial charge is 0.416 e. The molecule has 0 saturated carbocycles. The van der Waals surface area contributed by atoms with E-state index < -0.39 is 17.2 Å². The van der Waals surface area contributed by atoms with E-state index in [1.54, 1.807) is 19.9 Å². The fourth-order valence-electron chi connectivity index (χ4n) is 1.17. The molecular weight excluding hydrogens is 201 g/mol. The summed E-state index contributed by atoms with van der Waals surface area (Å²) in [6.07, 6.45) is 0.947. The highest BCUT2D eigenvalue weighted by Crippen LogP contribution is 2.32. The Morgan fingerprint density at radius 2 is 1.67 bits per heavy atom. The van der Waals surface area contributed by atoms with Gasteiger partial charge in [-0.15, -0.1) is 6.42 Å². The number of halogens is 3. The minimum Gasteiger partial charge on any atom is -0.166 e. The lowest BCUT2D eigenvalue weighted by atomic mass is 9.85. The van der Waals surface area contributed by atoms with Crippen LogP contribution in [0.4, 0.5) is 13.2 Å². The zero-order chi connectivity index (χ0) is 11.7. The van der Waals surface area contributed by atoms with Gasteiger partial charge in [-0.05, 0) is 25.5 Å². The van der Waals surface area contributed by atoms with Crippen molar-refractivity contribution in [3.63, 3.8) is 0 Å². The number of rotatable bonds is 1. The Kier molecular flexibility index (Phi) is 2.81. The third-order valence-electron chi connectivity index (χ3n) is 2.27. The van der Waals surface area contributed by atoms with E-state index in [1.807, 2.05) is 0 Å². The molecule has 15 heavy (non-hydrogen) atoms. The molecule has 1 aromatic rings. The molecule has 0 spiro atoms. The van der Waals surface area contributed by atoms with Gasteiger partial charge >= 0.3 is 6.18 Å². The van der Waals surface area contributed by atoms with Gasteiger partial charge in [0.2, 0.25) is 0 Å². The van der Waals surface area contributed by atoms with Crippen LogP contribution in [0.2, 0.25) is 0 Å². The van der Waals surface area contributed by atoms with E-state index in [1.165, 1.54) is 6.07 Å². The quantitative estimate of drug-likeness (QED) is 0.624. The highest BCUT2D eigenvalue weighted by molar-refractivity contribution is 5.35. The Bertz CT molecular complexity index is 394.